The molecule has 170 valence electrons. The third-order valence-electron chi connectivity index (χ3n) is 6.24. The molecule has 2 aliphatic heterocycles. The van der Waals surface area contributed by atoms with Crippen molar-refractivity contribution in [2.75, 3.05) is 36.5 Å². The number of aryl methyl sites for hydroxylation is 1. The van der Waals surface area contributed by atoms with Gasteiger partial charge in [0.2, 0.25) is 10.0 Å². The Kier molecular flexibility index (Phi) is 5.86. The largest absolute Gasteiger partial charge is 0.355 e. The zero-order valence-electron chi connectivity index (χ0n) is 18.2. The molecule has 0 saturated carbocycles. The number of rotatable bonds is 6. The molecule has 11 heteroatoms. The number of pyridine rings is 1. The van der Waals surface area contributed by atoms with E-state index in [0.717, 1.165) is 29.8 Å². The van der Waals surface area contributed by atoms with Crippen molar-refractivity contribution in [3.63, 3.8) is 0 Å². The van der Waals surface area contributed by atoms with Crippen molar-refractivity contribution >= 4 is 25.7 Å². The van der Waals surface area contributed by atoms with E-state index in [2.05, 4.69) is 10.1 Å². The van der Waals surface area contributed by atoms with Crippen molar-refractivity contribution in [3.8, 4) is 0 Å². The van der Waals surface area contributed by atoms with Crippen molar-refractivity contribution in [3.05, 3.63) is 35.3 Å². The summed E-state index contributed by atoms with van der Waals surface area (Å²) in [5.74, 6) is 1.01. The number of nitrogens with zero attached hydrogens (tertiary/aromatic N) is 5. The highest BCUT2D eigenvalue weighted by atomic mass is 32.2. The van der Waals surface area contributed by atoms with Crippen LogP contribution in [0.3, 0.4) is 0 Å². The molecule has 0 bridgehead atoms. The van der Waals surface area contributed by atoms with Gasteiger partial charge in [0.1, 0.15) is 10.7 Å². The summed E-state index contributed by atoms with van der Waals surface area (Å²) in [4.78, 5) is 6.55. The van der Waals surface area contributed by atoms with Gasteiger partial charge in [-0.3, -0.25) is 4.68 Å². The predicted molar refractivity (Wildman–Crippen MR) is 118 cm³/mol. The summed E-state index contributed by atoms with van der Waals surface area (Å²) in [5, 5.41) is 4.62. The Morgan fingerprint density at radius 1 is 1.19 bits per heavy atom. The van der Waals surface area contributed by atoms with Gasteiger partial charge in [-0.15, -0.1) is 0 Å². The maximum Gasteiger partial charge on any atom is 0.244 e. The summed E-state index contributed by atoms with van der Waals surface area (Å²) in [6.07, 6.45) is 3.80. The van der Waals surface area contributed by atoms with Crippen LogP contribution >= 0.6 is 0 Å². The topological polar surface area (TPSA) is 105 Å². The molecule has 0 amide bonds. The molecule has 0 radical (unpaired) electrons. The Morgan fingerprint density at radius 2 is 1.90 bits per heavy atom. The third-order valence-corrected chi connectivity index (χ3v) is 9.87. The van der Waals surface area contributed by atoms with E-state index in [-0.39, 0.29) is 22.4 Å². The van der Waals surface area contributed by atoms with Crippen LogP contribution in [0, 0.1) is 13.8 Å². The molecule has 4 rings (SSSR count). The minimum Gasteiger partial charge on any atom is -0.355 e. The molecule has 1 atom stereocenters. The first kappa shape index (κ1) is 22.2. The molecule has 2 aromatic rings. The van der Waals surface area contributed by atoms with Gasteiger partial charge in [0.15, 0.2) is 9.84 Å². The van der Waals surface area contributed by atoms with E-state index >= 15 is 0 Å². The van der Waals surface area contributed by atoms with E-state index in [1.165, 1.54) is 10.5 Å². The Bertz CT molecular complexity index is 1170. The van der Waals surface area contributed by atoms with Gasteiger partial charge in [0.25, 0.3) is 0 Å². The molecule has 0 N–H and O–H groups in total. The molecule has 2 saturated heterocycles. The quantitative estimate of drug-likeness (QED) is 0.636. The molecular formula is C20H29N5O4S2. The van der Waals surface area contributed by atoms with Crippen molar-refractivity contribution in [1.29, 1.82) is 0 Å². The van der Waals surface area contributed by atoms with Crippen LogP contribution in [0.15, 0.2) is 23.2 Å². The molecule has 0 aliphatic carbocycles. The van der Waals surface area contributed by atoms with Crippen LogP contribution in [-0.2, 0) is 26.4 Å². The highest BCUT2D eigenvalue weighted by molar-refractivity contribution is 7.91. The first-order valence-corrected chi connectivity index (χ1v) is 13.8. The molecule has 9 nitrogen and oxygen atoms in total. The molecule has 4 heterocycles. The lowest BCUT2D eigenvalue weighted by Crippen LogP contribution is -2.28. The monoisotopic (exact) mass is 467 g/mol. The number of anilines is 1. The fraction of sp³-hybridized carbons (Fsp3) is 0.600. The van der Waals surface area contributed by atoms with Crippen LogP contribution in [0.4, 0.5) is 5.82 Å². The van der Waals surface area contributed by atoms with E-state index in [1.54, 1.807) is 12.1 Å². The Hall–Kier alpha value is -1.98. The third kappa shape index (κ3) is 4.35. The summed E-state index contributed by atoms with van der Waals surface area (Å²) in [6, 6.07) is 3.22. The molecule has 2 aliphatic rings. The lowest BCUT2D eigenvalue weighted by molar-refractivity contribution is 0.477. The normalized spacial score (nSPS) is 21.6. The number of aromatic nitrogens is 3. The van der Waals surface area contributed by atoms with Gasteiger partial charge in [-0.25, -0.2) is 21.8 Å². The van der Waals surface area contributed by atoms with Gasteiger partial charge in [-0.1, -0.05) is 0 Å². The average molecular weight is 468 g/mol. The zero-order chi connectivity index (χ0) is 22.4. The molecule has 0 spiro atoms. The minimum absolute atomic E-state index is 0.115. The van der Waals surface area contributed by atoms with Gasteiger partial charge in [-0.05, 0) is 45.2 Å². The Labute approximate surface area is 184 Å². The lowest BCUT2D eigenvalue weighted by Gasteiger charge is -2.20. The van der Waals surface area contributed by atoms with E-state index in [9.17, 15) is 16.8 Å². The van der Waals surface area contributed by atoms with Crippen LogP contribution in [0.25, 0.3) is 0 Å². The van der Waals surface area contributed by atoms with E-state index in [1.807, 2.05) is 30.5 Å². The number of hydrogen-bond donors (Lipinski definition) is 0. The SMILES string of the molecule is Cc1nn([C@H]2CCS(=O)(=O)C2)c(C)c1CN(C)c1ccc(S(=O)(=O)N2CCCC2)cn1. The number of sulfonamides is 1. The lowest BCUT2D eigenvalue weighted by atomic mass is 10.1. The van der Waals surface area contributed by atoms with Gasteiger partial charge in [0.05, 0.1) is 23.2 Å². The highest BCUT2D eigenvalue weighted by Crippen LogP contribution is 2.28. The zero-order valence-corrected chi connectivity index (χ0v) is 19.8. The van der Waals surface area contributed by atoms with Crippen LogP contribution < -0.4 is 4.90 Å². The summed E-state index contributed by atoms with van der Waals surface area (Å²) < 4.78 is 52.5. The number of hydrogen-bond acceptors (Lipinski definition) is 7. The molecule has 0 aromatic carbocycles. The molecule has 2 fully saturated rings. The van der Waals surface area contributed by atoms with Crippen molar-refractivity contribution in [1.82, 2.24) is 19.1 Å². The Balaban J connectivity index is 1.50. The molecular weight excluding hydrogens is 438 g/mol. The summed E-state index contributed by atoms with van der Waals surface area (Å²) >= 11 is 0. The van der Waals surface area contributed by atoms with Gasteiger partial charge in [0, 0.05) is 44.1 Å². The fourth-order valence-corrected chi connectivity index (χ4v) is 7.55. The van der Waals surface area contributed by atoms with Crippen LogP contribution in [0.1, 0.15) is 42.3 Å². The molecule has 0 unspecified atom stereocenters. The molecule has 2 aromatic heterocycles. The average Bonchev–Trinajstić information content (AvgIpc) is 3.44. The van der Waals surface area contributed by atoms with Crippen LogP contribution in [0.2, 0.25) is 0 Å². The smallest absolute Gasteiger partial charge is 0.244 e. The highest BCUT2D eigenvalue weighted by Gasteiger charge is 2.32. The summed E-state index contributed by atoms with van der Waals surface area (Å²) in [7, 11) is -4.57. The summed E-state index contributed by atoms with van der Waals surface area (Å²) in [6.45, 7) is 5.56. The predicted octanol–water partition coefficient (Wildman–Crippen LogP) is 1.68. The second kappa shape index (κ2) is 8.18. The first-order chi connectivity index (χ1) is 14.6. The van der Waals surface area contributed by atoms with E-state index in [4.69, 9.17) is 0 Å². The van der Waals surface area contributed by atoms with Gasteiger partial charge >= 0.3 is 0 Å². The Morgan fingerprint density at radius 3 is 2.48 bits per heavy atom. The van der Waals surface area contributed by atoms with Crippen LogP contribution in [-0.4, -0.2) is 67.5 Å². The standard InChI is InChI=1S/C20H29N5O4S2/c1-15-19(16(2)25(22-15)17-8-11-30(26,27)14-17)13-23(3)20-7-6-18(12-21-20)31(28,29)24-9-4-5-10-24/h6-7,12,17H,4-5,8-11,13-14H2,1-3H3/t17-/m0/s1. The fourth-order valence-electron chi connectivity index (χ4n) is 4.40. The van der Waals surface area contributed by atoms with E-state index < -0.39 is 19.9 Å². The van der Waals surface area contributed by atoms with Crippen LogP contribution in [0.5, 0.6) is 0 Å². The number of sulfone groups is 1. The van der Waals surface area contributed by atoms with Crippen molar-refractivity contribution in [2.45, 2.75) is 50.6 Å². The van der Waals surface area contributed by atoms with E-state index in [0.29, 0.717) is 31.9 Å². The van der Waals surface area contributed by atoms with Crippen molar-refractivity contribution < 1.29 is 16.8 Å². The maximum absolute atomic E-state index is 12.7. The second-order valence-corrected chi connectivity index (χ2v) is 12.6. The molecule has 31 heavy (non-hydrogen) atoms. The minimum atomic E-state index is -3.48. The summed E-state index contributed by atoms with van der Waals surface area (Å²) in [5.41, 5.74) is 2.85. The van der Waals surface area contributed by atoms with Gasteiger partial charge in [-0.2, -0.15) is 9.40 Å². The maximum atomic E-state index is 12.7. The second-order valence-electron chi connectivity index (χ2n) is 8.47. The van der Waals surface area contributed by atoms with Crippen molar-refractivity contribution in [2.24, 2.45) is 0 Å². The van der Waals surface area contributed by atoms with Gasteiger partial charge < -0.3 is 4.90 Å². The first-order valence-electron chi connectivity index (χ1n) is 10.5.